The second kappa shape index (κ2) is 9.21. The molecule has 2 heterocycles. The number of carbonyl (C=O) groups is 1. The van der Waals surface area contributed by atoms with Gasteiger partial charge in [-0.2, -0.15) is 0 Å². The largest absolute Gasteiger partial charge is 0.497 e. The third-order valence-corrected chi connectivity index (χ3v) is 5.30. The van der Waals surface area contributed by atoms with E-state index in [-0.39, 0.29) is 5.91 Å². The average molecular weight is 386 g/mol. The van der Waals surface area contributed by atoms with E-state index in [1.165, 1.54) is 5.56 Å². The maximum absolute atomic E-state index is 12.7. The minimum absolute atomic E-state index is 0.179. The number of aryl methyl sites for hydroxylation is 2. The van der Waals surface area contributed by atoms with Gasteiger partial charge in [-0.25, -0.2) is 0 Å². The Labute approximate surface area is 166 Å². The third kappa shape index (κ3) is 5.11. The molecule has 7 heteroatoms. The molecule has 0 spiro atoms. The average Bonchev–Trinajstić information content (AvgIpc) is 3.01. The summed E-state index contributed by atoms with van der Waals surface area (Å²) in [7, 11) is 3.64. The molecule has 1 fully saturated rings. The van der Waals surface area contributed by atoms with Crippen molar-refractivity contribution in [1.29, 1.82) is 0 Å². The van der Waals surface area contributed by atoms with E-state index in [0.29, 0.717) is 13.1 Å². The van der Waals surface area contributed by atoms with E-state index in [1.807, 2.05) is 42.8 Å². The lowest BCUT2D eigenvalue weighted by Crippen LogP contribution is -2.50. The summed E-state index contributed by atoms with van der Waals surface area (Å²) in [6.07, 6.45) is 0. The highest BCUT2D eigenvalue weighted by Gasteiger charge is 2.22. The molecular formula is C21H30N4O3. The molecule has 1 amide bonds. The summed E-state index contributed by atoms with van der Waals surface area (Å²) >= 11 is 0. The number of aromatic nitrogens is 1. The van der Waals surface area contributed by atoms with Crippen LogP contribution in [0.5, 0.6) is 5.75 Å². The van der Waals surface area contributed by atoms with Crippen LogP contribution < -0.4 is 4.74 Å². The Balaban J connectivity index is 1.44. The van der Waals surface area contributed by atoms with Crippen LogP contribution in [0.1, 0.15) is 22.6 Å². The number of hydrogen-bond donors (Lipinski definition) is 0. The summed E-state index contributed by atoms with van der Waals surface area (Å²) < 4.78 is 10.4. The Hall–Kier alpha value is -2.38. The van der Waals surface area contributed by atoms with E-state index in [9.17, 15) is 4.79 Å². The fraction of sp³-hybridized carbons (Fsp3) is 0.524. The van der Waals surface area contributed by atoms with E-state index in [0.717, 1.165) is 55.5 Å². The van der Waals surface area contributed by atoms with Crippen LogP contribution in [0.4, 0.5) is 0 Å². The van der Waals surface area contributed by atoms with Gasteiger partial charge in [-0.05, 0) is 38.6 Å². The monoisotopic (exact) mass is 386 g/mol. The first-order valence-electron chi connectivity index (χ1n) is 9.69. The standard InChI is InChI=1S/C21H30N4O3/c1-16-20(17(2)28-22-16)14-23(3)15-21(26)25-11-9-24(10-12-25)13-18-5-7-19(27-4)8-6-18/h5-8H,9-15H2,1-4H3. The van der Waals surface area contributed by atoms with E-state index in [4.69, 9.17) is 9.26 Å². The van der Waals surface area contributed by atoms with Crippen LogP contribution in [0.2, 0.25) is 0 Å². The second-order valence-corrected chi connectivity index (χ2v) is 7.48. The van der Waals surface area contributed by atoms with Gasteiger partial charge in [-0.3, -0.25) is 14.6 Å². The molecule has 1 saturated heterocycles. The molecule has 2 aromatic rings. The Bertz CT molecular complexity index is 760. The van der Waals surface area contributed by atoms with E-state index in [2.05, 4.69) is 22.2 Å². The van der Waals surface area contributed by atoms with Crippen LogP contribution in [0.3, 0.4) is 0 Å². The molecule has 28 heavy (non-hydrogen) atoms. The number of benzene rings is 1. The van der Waals surface area contributed by atoms with E-state index >= 15 is 0 Å². The molecule has 0 bridgehead atoms. The van der Waals surface area contributed by atoms with Crippen molar-refractivity contribution in [3.8, 4) is 5.75 Å². The molecule has 0 saturated carbocycles. The lowest BCUT2D eigenvalue weighted by Gasteiger charge is -2.35. The lowest BCUT2D eigenvalue weighted by molar-refractivity contribution is -0.134. The van der Waals surface area contributed by atoms with Crippen molar-refractivity contribution in [2.24, 2.45) is 0 Å². The van der Waals surface area contributed by atoms with Gasteiger partial charge >= 0.3 is 0 Å². The van der Waals surface area contributed by atoms with Gasteiger partial charge in [0.15, 0.2) is 0 Å². The van der Waals surface area contributed by atoms with Gasteiger partial charge in [0.25, 0.3) is 0 Å². The maximum Gasteiger partial charge on any atom is 0.236 e. The summed E-state index contributed by atoms with van der Waals surface area (Å²) in [6, 6.07) is 8.17. The smallest absolute Gasteiger partial charge is 0.236 e. The van der Waals surface area contributed by atoms with Gasteiger partial charge in [-0.15, -0.1) is 0 Å². The number of piperazine rings is 1. The number of nitrogens with zero attached hydrogens (tertiary/aromatic N) is 4. The summed E-state index contributed by atoms with van der Waals surface area (Å²) in [5.74, 6) is 1.88. The fourth-order valence-corrected chi connectivity index (χ4v) is 3.53. The Morgan fingerprint density at radius 3 is 2.43 bits per heavy atom. The number of rotatable bonds is 7. The van der Waals surface area contributed by atoms with E-state index < -0.39 is 0 Å². The predicted molar refractivity (Wildman–Crippen MR) is 107 cm³/mol. The third-order valence-electron chi connectivity index (χ3n) is 5.30. The minimum Gasteiger partial charge on any atom is -0.497 e. The van der Waals surface area contributed by atoms with Crippen LogP contribution >= 0.6 is 0 Å². The molecule has 0 radical (unpaired) electrons. The topological polar surface area (TPSA) is 62.1 Å². The van der Waals surface area contributed by atoms with Crippen molar-refractivity contribution in [3.63, 3.8) is 0 Å². The molecule has 7 nitrogen and oxygen atoms in total. The van der Waals surface area contributed by atoms with Gasteiger partial charge in [0, 0.05) is 44.8 Å². The first-order chi connectivity index (χ1) is 13.5. The van der Waals surface area contributed by atoms with Crippen LogP contribution in [0.25, 0.3) is 0 Å². The zero-order valence-electron chi connectivity index (χ0n) is 17.3. The minimum atomic E-state index is 0.179. The SMILES string of the molecule is COc1ccc(CN2CCN(C(=O)CN(C)Cc3c(C)noc3C)CC2)cc1. The molecular weight excluding hydrogens is 356 g/mol. The molecule has 1 aromatic heterocycles. The number of methoxy groups -OCH3 is 1. The van der Waals surface area contributed by atoms with Crippen LogP contribution in [-0.2, 0) is 17.9 Å². The number of likely N-dealkylation sites (N-methyl/N-ethyl adjacent to an activating group) is 1. The highest BCUT2D eigenvalue weighted by molar-refractivity contribution is 5.78. The Morgan fingerprint density at radius 1 is 1.18 bits per heavy atom. The number of carbonyl (C=O) groups excluding carboxylic acids is 1. The van der Waals surface area contributed by atoms with Gasteiger partial charge < -0.3 is 14.2 Å². The van der Waals surface area contributed by atoms with Gasteiger partial charge in [-0.1, -0.05) is 17.3 Å². The predicted octanol–water partition coefficient (Wildman–Crippen LogP) is 2.08. The molecule has 1 aliphatic heterocycles. The second-order valence-electron chi connectivity index (χ2n) is 7.48. The molecule has 0 unspecified atom stereocenters. The van der Waals surface area contributed by atoms with Crippen LogP contribution in [0.15, 0.2) is 28.8 Å². The fourth-order valence-electron chi connectivity index (χ4n) is 3.53. The molecule has 1 aromatic carbocycles. The van der Waals surface area contributed by atoms with Crippen molar-refractivity contribution in [2.75, 3.05) is 46.9 Å². The number of ether oxygens (including phenoxy) is 1. The molecule has 152 valence electrons. The van der Waals surface area contributed by atoms with Gasteiger partial charge in [0.05, 0.1) is 19.3 Å². The first-order valence-corrected chi connectivity index (χ1v) is 9.69. The number of hydrogen-bond acceptors (Lipinski definition) is 6. The van der Waals surface area contributed by atoms with Crippen molar-refractivity contribution in [2.45, 2.75) is 26.9 Å². The van der Waals surface area contributed by atoms with Crippen molar-refractivity contribution >= 4 is 5.91 Å². The van der Waals surface area contributed by atoms with Crippen molar-refractivity contribution in [3.05, 3.63) is 46.8 Å². The van der Waals surface area contributed by atoms with Crippen molar-refractivity contribution < 1.29 is 14.1 Å². The molecule has 0 aliphatic carbocycles. The molecule has 0 atom stereocenters. The normalized spacial score (nSPS) is 15.2. The van der Waals surface area contributed by atoms with Gasteiger partial charge in [0.1, 0.15) is 11.5 Å². The van der Waals surface area contributed by atoms with Crippen LogP contribution in [0, 0.1) is 13.8 Å². The summed E-state index contributed by atoms with van der Waals surface area (Å²) in [5.41, 5.74) is 3.23. The summed E-state index contributed by atoms with van der Waals surface area (Å²) in [5, 5.41) is 3.98. The Morgan fingerprint density at radius 2 is 1.86 bits per heavy atom. The van der Waals surface area contributed by atoms with E-state index in [1.54, 1.807) is 7.11 Å². The highest BCUT2D eigenvalue weighted by Crippen LogP contribution is 2.16. The zero-order valence-corrected chi connectivity index (χ0v) is 17.3. The molecule has 3 rings (SSSR count). The first kappa shape index (κ1) is 20.4. The quantitative estimate of drug-likeness (QED) is 0.726. The van der Waals surface area contributed by atoms with Crippen LogP contribution in [-0.4, -0.2) is 72.6 Å². The maximum atomic E-state index is 12.7. The molecule has 0 N–H and O–H groups in total. The Kier molecular flexibility index (Phi) is 6.70. The zero-order chi connectivity index (χ0) is 20.1. The number of amides is 1. The van der Waals surface area contributed by atoms with Gasteiger partial charge in [0.2, 0.25) is 5.91 Å². The molecule has 1 aliphatic rings. The summed E-state index contributed by atoms with van der Waals surface area (Å²) in [4.78, 5) is 19.0. The summed E-state index contributed by atoms with van der Waals surface area (Å²) in [6.45, 7) is 9.15. The highest BCUT2D eigenvalue weighted by atomic mass is 16.5. The lowest BCUT2D eigenvalue weighted by atomic mass is 10.2. The van der Waals surface area contributed by atoms with Crippen molar-refractivity contribution in [1.82, 2.24) is 19.9 Å².